The number of nitrogen functional groups attached to an aromatic ring is 1. The first-order chi connectivity index (χ1) is 9.70. The van der Waals surface area contributed by atoms with Gasteiger partial charge in [0, 0.05) is 5.69 Å². The lowest BCUT2D eigenvalue weighted by Gasteiger charge is -2.14. The molecule has 2 aromatic carbocycles. The Morgan fingerprint density at radius 3 is 2.52 bits per heavy atom. The second-order valence-corrected chi connectivity index (χ2v) is 6.85. The summed E-state index contributed by atoms with van der Waals surface area (Å²) in [6, 6.07) is 7.30. The van der Waals surface area contributed by atoms with Crippen molar-refractivity contribution < 1.29 is 12.8 Å². The van der Waals surface area contributed by atoms with Gasteiger partial charge in [-0.25, -0.2) is 17.9 Å². The summed E-state index contributed by atoms with van der Waals surface area (Å²) in [4.78, 5) is -0.178. The molecule has 8 heteroatoms. The average molecular weight is 374 g/mol. The van der Waals surface area contributed by atoms with Crippen LogP contribution in [0.4, 0.5) is 21.5 Å². The van der Waals surface area contributed by atoms with E-state index in [4.69, 9.17) is 10.9 Å². The first-order valence-electron chi connectivity index (χ1n) is 5.84. The highest BCUT2D eigenvalue weighted by Gasteiger charge is 2.15. The van der Waals surface area contributed by atoms with Crippen LogP contribution < -0.4 is 16.2 Å². The van der Waals surface area contributed by atoms with Crippen LogP contribution in [0.3, 0.4) is 0 Å². The standard InChI is InChI=1S/C13H13BrFN3O2S/c1-7-5-8(14)9(15)6-11(7)18-10-3-2-4-12(13(10)16)21(17,19)20/h2-6,18H,16H2,1H3,(H2,17,19,20). The fourth-order valence-corrected chi connectivity index (χ4v) is 2.97. The van der Waals surface area contributed by atoms with Gasteiger partial charge in [-0.1, -0.05) is 6.07 Å². The summed E-state index contributed by atoms with van der Waals surface area (Å²) in [5.41, 5.74) is 7.39. The van der Waals surface area contributed by atoms with E-state index in [9.17, 15) is 12.8 Å². The molecule has 0 atom stereocenters. The van der Waals surface area contributed by atoms with Gasteiger partial charge in [0.15, 0.2) is 0 Å². The van der Waals surface area contributed by atoms with Crippen LogP contribution in [-0.2, 0) is 10.0 Å². The zero-order valence-corrected chi connectivity index (χ0v) is 13.4. The minimum Gasteiger partial charge on any atom is -0.396 e. The highest BCUT2D eigenvalue weighted by atomic mass is 79.9. The molecule has 112 valence electrons. The van der Waals surface area contributed by atoms with Crippen LogP contribution in [0.15, 0.2) is 39.7 Å². The number of rotatable bonds is 3. The Hall–Kier alpha value is -1.64. The minimum atomic E-state index is -3.92. The summed E-state index contributed by atoms with van der Waals surface area (Å²) in [5, 5.41) is 8.01. The van der Waals surface area contributed by atoms with Crippen LogP contribution in [0.1, 0.15) is 5.56 Å². The predicted octanol–water partition coefficient (Wildman–Crippen LogP) is 2.87. The lowest BCUT2D eigenvalue weighted by atomic mass is 10.2. The van der Waals surface area contributed by atoms with Crippen molar-refractivity contribution in [2.45, 2.75) is 11.8 Å². The van der Waals surface area contributed by atoms with Gasteiger partial charge in [0.05, 0.1) is 15.8 Å². The topological polar surface area (TPSA) is 98.2 Å². The van der Waals surface area contributed by atoms with E-state index in [2.05, 4.69) is 21.2 Å². The number of primary sulfonamides is 1. The van der Waals surface area contributed by atoms with Gasteiger partial charge in [0.25, 0.3) is 0 Å². The van der Waals surface area contributed by atoms with Crippen LogP contribution in [0.5, 0.6) is 0 Å². The van der Waals surface area contributed by atoms with Gasteiger partial charge in [-0.15, -0.1) is 0 Å². The van der Waals surface area contributed by atoms with Gasteiger partial charge in [-0.3, -0.25) is 0 Å². The summed E-state index contributed by atoms with van der Waals surface area (Å²) in [5.74, 6) is -0.440. The number of anilines is 3. The first kappa shape index (κ1) is 15.7. The van der Waals surface area contributed by atoms with Gasteiger partial charge in [0.1, 0.15) is 10.7 Å². The number of nitrogens with two attached hydrogens (primary N) is 2. The van der Waals surface area contributed by atoms with Crippen molar-refractivity contribution in [3.63, 3.8) is 0 Å². The van der Waals surface area contributed by atoms with Crippen molar-refractivity contribution >= 4 is 43.0 Å². The van der Waals surface area contributed by atoms with Crippen LogP contribution in [0, 0.1) is 12.7 Å². The molecule has 0 fully saturated rings. The molecule has 0 aromatic heterocycles. The summed E-state index contributed by atoms with van der Waals surface area (Å²) >= 11 is 3.09. The molecule has 5 nitrogen and oxygen atoms in total. The highest BCUT2D eigenvalue weighted by molar-refractivity contribution is 9.10. The number of hydrogen-bond acceptors (Lipinski definition) is 4. The third kappa shape index (κ3) is 3.34. The molecule has 0 bridgehead atoms. The number of para-hydroxylation sites is 1. The lowest BCUT2D eigenvalue weighted by Crippen LogP contribution is -2.15. The summed E-state index contributed by atoms with van der Waals surface area (Å²) < 4.78 is 36.8. The van der Waals surface area contributed by atoms with E-state index in [1.807, 2.05) is 0 Å². The zero-order chi connectivity index (χ0) is 15.8. The molecule has 0 aliphatic rings. The fraction of sp³-hybridized carbons (Fsp3) is 0.0769. The Morgan fingerprint density at radius 2 is 1.90 bits per heavy atom. The van der Waals surface area contributed by atoms with Gasteiger partial charge < -0.3 is 11.1 Å². The van der Waals surface area contributed by atoms with Crippen LogP contribution >= 0.6 is 15.9 Å². The molecule has 0 aliphatic heterocycles. The van der Waals surface area contributed by atoms with Crippen molar-refractivity contribution in [1.29, 1.82) is 0 Å². The molecule has 2 rings (SSSR count). The zero-order valence-electron chi connectivity index (χ0n) is 11.0. The van der Waals surface area contributed by atoms with Gasteiger partial charge >= 0.3 is 0 Å². The van der Waals surface area contributed by atoms with Crippen molar-refractivity contribution in [2.75, 3.05) is 11.1 Å². The summed E-state index contributed by atoms with van der Waals surface area (Å²) in [6.07, 6.45) is 0. The molecule has 0 spiro atoms. The molecule has 0 unspecified atom stereocenters. The Bertz CT molecular complexity index is 809. The van der Waals surface area contributed by atoms with E-state index in [-0.39, 0.29) is 10.6 Å². The van der Waals surface area contributed by atoms with E-state index in [0.717, 1.165) is 5.56 Å². The molecule has 0 amide bonds. The van der Waals surface area contributed by atoms with Gasteiger partial charge in [-0.2, -0.15) is 0 Å². The Morgan fingerprint density at radius 1 is 1.24 bits per heavy atom. The number of sulfonamides is 1. The molecule has 2 aromatic rings. The lowest BCUT2D eigenvalue weighted by molar-refractivity contribution is 0.598. The van der Waals surface area contributed by atoms with Gasteiger partial charge in [-0.05, 0) is 52.7 Å². The molecule has 0 aliphatic carbocycles. The summed E-state index contributed by atoms with van der Waals surface area (Å²) in [6.45, 7) is 1.78. The van der Waals surface area contributed by atoms with Crippen molar-refractivity contribution in [1.82, 2.24) is 0 Å². The van der Waals surface area contributed by atoms with Crippen molar-refractivity contribution in [3.05, 3.63) is 46.2 Å². The third-order valence-corrected chi connectivity index (χ3v) is 4.49. The molecular weight excluding hydrogens is 361 g/mol. The molecule has 0 saturated carbocycles. The van der Waals surface area contributed by atoms with E-state index < -0.39 is 15.8 Å². The SMILES string of the molecule is Cc1cc(Br)c(F)cc1Nc1cccc(S(N)(=O)=O)c1N. The maximum atomic E-state index is 13.6. The summed E-state index contributed by atoms with van der Waals surface area (Å²) in [7, 11) is -3.92. The number of aryl methyl sites for hydroxylation is 1. The smallest absolute Gasteiger partial charge is 0.240 e. The molecule has 0 radical (unpaired) electrons. The van der Waals surface area contributed by atoms with Crippen molar-refractivity contribution in [2.24, 2.45) is 5.14 Å². The Balaban J connectivity index is 2.49. The van der Waals surface area contributed by atoms with E-state index in [1.165, 1.54) is 18.2 Å². The number of benzene rings is 2. The van der Waals surface area contributed by atoms with E-state index in [0.29, 0.717) is 15.8 Å². The largest absolute Gasteiger partial charge is 0.396 e. The Labute approximate surface area is 130 Å². The molecule has 0 heterocycles. The van der Waals surface area contributed by atoms with Crippen LogP contribution in [-0.4, -0.2) is 8.42 Å². The second-order valence-electron chi connectivity index (χ2n) is 4.47. The number of halogens is 2. The maximum absolute atomic E-state index is 13.6. The quantitative estimate of drug-likeness (QED) is 0.720. The van der Waals surface area contributed by atoms with Crippen LogP contribution in [0.25, 0.3) is 0 Å². The fourth-order valence-electron chi connectivity index (χ4n) is 1.83. The molecular formula is C13H13BrFN3O2S. The van der Waals surface area contributed by atoms with Crippen LogP contribution in [0.2, 0.25) is 0 Å². The van der Waals surface area contributed by atoms with E-state index in [1.54, 1.807) is 19.1 Å². The number of hydrogen-bond donors (Lipinski definition) is 3. The monoisotopic (exact) mass is 373 g/mol. The number of nitrogens with one attached hydrogen (secondary N) is 1. The second kappa shape index (κ2) is 5.63. The Kier molecular flexibility index (Phi) is 4.22. The average Bonchev–Trinajstić information content (AvgIpc) is 2.36. The third-order valence-electron chi connectivity index (χ3n) is 2.91. The highest BCUT2D eigenvalue weighted by Crippen LogP contribution is 2.31. The minimum absolute atomic E-state index is 0.0114. The molecule has 5 N–H and O–H groups in total. The van der Waals surface area contributed by atoms with Gasteiger partial charge in [0.2, 0.25) is 10.0 Å². The van der Waals surface area contributed by atoms with Crippen molar-refractivity contribution in [3.8, 4) is 0 Å². The molecule has 0 saturated heterocycles. The predicted molar refractivity (Wildman–Crippen MR) is 84.3 cm³/mol. The molecule has 21 heavy (non-hydrogen) atoms. The van der Waals surface area contributed by atoms with E-state index >= 15 is 0 Å². The maximum Gasteiger partial charge on any atom is 0.240 e. The normalized spacial score (nSPS) is 11.4. The first-order valence-corrected chi connectivity index (χ1v) is 8.18.